The number of phenolic OH excluding ortho intramolecular Hbond substituents is 1. The first kappa shape index (κ1) is 21.0. The van der Waals surface area contributed by atoms with Crippen LogP contribution in [0.4, 0.5) is 0 Å². The minimum atomic E-state index is -1.04. The van der Waals surface area contributed by atoms with Crippen LogP contribution < -0.4 is 0 Å². The number of hydrogen-bond donors (Lipinski definition) is 1. The number of hydrogen-bond acceptors (Lipinski definition) is 6. The highest BCUT2D eigenvalue weighted by molar-refractivity contribution is 6.21. The molecule has 156 valence electrons. The van der Waals surface area contributed by atoms with Gasteiger partial charge in [-0.3, -0.25) is 19.3 Å². The van der Waals surface area contributed by atoms with E-state index in [9.17, 15) is 24.3 Å². The lowest BCUT2D eigenvalue weighted by molar-refractivity contribution is -0.137. The van der Waals surface area contributed by atoms with E-state index >= 15 is 0 Å². The predicted octanol–water partition coefficient (Wildman–Crippen LogP) is 2.13. The molecule has 3 amide bonds. The van der Waals surface area contributed by atoms with Crippen LogP contribution in [0.5, 0.6) is 5.75 Å². The van der Waals surface area contributed by atoms with E-state index in [1.807, 2.05) is 0 Å². The molecule has 30 heavy (non-hydrogen) atoms. The zero-order valence-corrected chi connectivity index (χ0v) is 17.1. The van der Waals surface area contributed by atoms with Crippen molar-refractivity contribution in [1.82, 2.24) is 9.80 Å². The Morgan fingerprint density at radius 3 is 2.20 bits per heavy atom. The fourth-order valence-corrected chi connectivity index (χ4v) is 3.30. The summed E-state index contributed by atoms with van der Waals surface area (Å²) in [6, 6.07) is 9.49. The quantitative estimate of drug-likeness (QED) is 0.598. The topological polar surface area (TPSA) is 104 Å². The van der Waals surface area contributed by atoms with Gasteiger partial charge in [0.15, 0.2) is 6.10 Å². The molecule has 2 aromatic carbocycles. The van der Waals surface area contributed by atoms with Gasteiger partial charge in [0.1, 0.15) is 11.3 Å². The molecule has 0 radical (unpaired) electrons. The van der Waals surface area contributed by atoms with Crippen molar-refractivity contribution in [3.8, 4) is 5.75 Å². The summed E-state index contributed by atoms with van der Waals surface area (Å²) in [5.41, 5.74) is 1.36. The number of fused-ring (bicyclic) bond motifs is 1. The third kappa shape index (κ3) is 3.76. The molecule has 2 aromatic rings. The highest BCUT2D eigenvalue weighted by Gasteiger charge is 2.35. The van der Waals surface area contributed by atoms with Gasteiger partial charge in [0, 0.05) is 14.1 Å². The largest absolute Gasteiger partial charge is 0.507 e. The van der Waals surface area contributed by atoms with Gasteiger partial charge in [0.25, 0.3) is 17.7 Å². The number of phenols is 1. The number of carbonyl (C=O) groups is 4. The maximum Gasteiger partial charge on any atom is 0.342 e. The van der Waals surface area contributed by atoms with Gasteiger partial charge < -0.3 is 14.7 Å². The second kappa shape index (κ2) is 7.98. The molecule has 8 nitrogen and oxygen atoms in total. The van der Waals surface area contributed by atoms with Gasteiger partial charge in [-0.25, -0.2) is 4.79 Å². The highest BCUT2D eigenvalue weighted by Crippen LogP contribution is 2.29. The lowest BCUT2D eigenvalue weighted by Crippen LogP contribution is -2.35. The van der Waals surface area contributed by atoms with Crippen molar-refractivity contribution < 1.29 is 29.0 Å². The summed E-state index contributed by atoms with van der Waals surface area (Å²) in [7, 11) is 3.08. The van der Waals surface area contributed by atoms with Crippen LogP contribution in [0, 0.1) is 6.92 Å². The zero-order valence-electron chi connectivity index (χ0n) is 17.1. The first-order valence-corrected chi connectivity index (χ1v) is 9.31. The van der Waals surface area contributed by atoms with Crippen molar-refractivity contribution in [1.29, 1.82) is 0 Å². The van der Waals surface area contributed by atoms with Crippen LogP contribution in [0.1, 0.15) is 49.1 Å². The molecule has 0 bridgehead atoms. The van der Waals surface area contributed by atoms with Crippen LogP contribution in [0.2, 0.25) is 0 Å². The van der Waals surface area contributed by atoms with E-state index in [1.54, 1.807) is 37.3 Å². The molecule has 0 unspecified atom stereocenters. The molecular formula is C22H22N2O6. The zero-order chi connectivity index (χ0) is 22.2. The van der Waals surface area contributed by atoms with E-state index < -0.39 is 29.8 Å². The number of aromatic hydroxyl groups is 1. The van der Waals surface area contributed by atoms with Crippen LogP contribution in [0.15, 0.2) is 36.4 Å². The van der Waals surface area contributed by atoms with Gasteiger partial charge in [-0.2, -0.15) is 0 Å². The Morgan fingerprint density at radius 1 is 1.10 bits per heavy atom. The molecule has 0 fully saturated rings. The first-order valence-electron chi connectivity index (χ1n) is 9.31. The highest BCUT2D eigenvalue weighted by atomic mass is 16.5. The first-order chi connectivity index (χ1) is 14.1. The van der Waals surface area contributed by atoms with E-state index in [0.29, 0.717) is 22.3 Å². The molecule has 1 aliphatic rings. The summed E-state index contributed by atoms with van der Waals surface area (Å²) in [5, 5.41) is 10.3. The Morgan fingerprint density at radius 2 is 1.67 bits per heavy atom. The second-order valence-corrected chi connectivity index (χ2v) is 7.33. The number of ether oxygens (including phenoxy) is 1. The van der Waals surface area contributed by atoms with Gasteiger partial charge in [0.2, 0.25) is 0 Å². The van der Waals surface area contributed by atoms with Gasteiger partial charge >= 0.3 is 5.97 Å². The van der Waals surface area contributed by atoms with Crippen molar-refractivity contribution in [3.63, 3.8) is 0 Å². The lowest BCUT2D eigenvalue weighted by atomic mass is 10.0. The standard InChI is InChI=1S/C22H22N2O6/c1-12-9-14(11-24-20(27)15-7-5-6-8-16(15)21(24)28)10-17(18(12)25)22(29)30-13(2)19(26)23(3)4/h5-10,13,25H,11H2,1-4H3/t13-/m0/s1. The number of rotatable bonds is 5. The monoisotopic (exact) mass is 410 g/mol. The van der Waals surface area contributed by atoms with Crippen LogP contribution in [0.25, 0.3) is 0 Å². The van der Waals surface area contributed by atoms with Crippen molar-refractivity contribution >= 4 is 23.7 Å². The van der Waals surface area contributed by atoms with Crippen LogP contribution in [0.3, 0.4) is 0 Å². The van der Waals surface area contributed by atoms with Gasteiger partial charge in [-0.1, -0.05) is 18.2 Å². The molecule has 1 heterocycles. The molecule has 0 spiro atoms. The summed E-state index contributed by atoms with van der Waals surface area (Å²) < 4.78 is 5.18. The van der Waals surface area contributed by atoms with Crippen LogP contribution in [-0.4, -0.2) is 58.8 Å². The number of imide groups is 1. The van der Waals surface area contributed by atoms with Crippen LogP contribution in [-0.2, 0) is 16.1 Å². The third-order valence-corrected chi connectivity index (χ3v) is 4.87. The SMILES string of the molecule is Cc1cc(CN2C(=O)c3ccccc3C2=O)cc(C(=O)O[C@@H](C)C(=O)N(C)C)c1O. The minimum Gasteiger partial charge on any atom is -0.507 e. The summed E-state index contributed by atoms with van der Waals surface area (Å²) in [6.45, 7) is 2.96. The molecule has 0 saturated carbocycles. The minimum absolute atomic E-state index is 0.0695. The summed E-state index contributed by atoms with van der Waals surface area (Å²) >= 11 is 0. The average molecular weight is 410 g/mol. The lowest BCUT2D eigenvalue weighted by Gasteiger charge is -2.19. The molecular weight excluding hydrogens is 388 g/mol. The maximum absolute atomic E-state index is 12.6. The molecule has 8 heteroatoms. The fraction of sp³-hybridized carbons (Fsp3) is 0.273. The van der Waals surface area contributed by atoms with Crippen molar-refractivity contribution in [2.75, 3.05) is 14.1 Å². The van der Waals surface area contributed by atoms with E-state index in [2.05, 4.69) is 0 Å². The summed E-state index contributed by atoms with van der Waals surface area (Å²) in [4.78, 5) is 52.1. The van der Waals surface area contributed by atoms with Gasteiger partial charge in [0.05, 0.1) is 17.7 Å². The number of likely N-dealkylation sites (N-methyl/N-ethyl adjacent to an activating group) is 1. The van der Waals surface area contributed by atoms with Crippen molar-refractivity contribution in [2.24, 2.45) is 0 Å². The van der Waals surface area contributed by atoms with Crippen molar-refractivity contribution in [2.45, 2.75) is 26.5 Å². The number of aryl methyl sites for hydroxylation is 1. The van der Waals surface area contributed by atoms with E-state index in [1.165, 1.54) is 32.0 Å². The molecule has 3 rings (SSSR count). The van der Waals surface area contributed by atoms with E-state index in [0.717, 1.165) is 4.90 Å². The number of nitrogens with zero attached hydrogens (tertiary/aromatic N) is 2. The Hall–Kier alpha value is -3.68. The molecule has 0 aromatic heterocycles. The average Bonchev–Trinajstić information content (AvgIpc) is 2.94. The maximum atomic E-state index is 12.6. The van der Waals surface area contributed by atoms with Gasteiger partial charge in [-0.05, 0) is 43.2 Å². The van der Waals surface area contributed by atoms with E-state index in [-0.39, 0.29) is 17.9 Å². The summed E-state index contributed by atoms with van der Waals surface area (Å²) in [5.74, 6) is -2.40. The second-order valence-electron chi connectivity index (χ2n) is 7.33. The molecule has 1 N–H and O–H groups in total. The number of benzene rings is 2. The normalized spacial score (nSPS) is 13.8. The Labute approximate surface area is 173 Å². The molecule has 0 saturated heterocycles. The number of carbonyl (C=O) groups excluding carboxylic acids is 4. The smallest absolute Gasteiger partial charge is 0.342 e. The Bertz CT molecular complexity index is 1020. The molecule has 0 aliphatic carbocycles. The predicted molar refractivity (Wildman–Crippen MR) is 107 cm³/mol. The van der Waals surface area contributed by atoms with Crippen LogP contribution >= 0.6 is 0 Å². The number of esters is 1. The Kier molecular flexibility index (Phi) is 5.60. The van der Waals surface area contributed by atoms with Gasteiger partial charge in [-0.15, -0.1) is 0 Å². The number of amides is 3. The molecule has 1 atom stereocenters. The third-order valence-electron chi connectivity index (χ3n) is 4.87. The molecule has 1 aliphatic heterocycles. The van der Waals surface area contributed by atoms with Crippen molar-refractivity contribution in [3.05, 3.63) is 64.2 Å². The Balaban J connectivity index is 1.86. The summed E-state index contributed by atoms with van der Waals surface area (Å²) in [6.07, 6.45) is -1.04. The fourth-order valence-electron chi connectivity index (χ4n) is 3.30. The van der Waals surface area contributed by atoms with E-state index in [4.69, 9.17) is 4.74 Å².